The lowest BCUT2D eigenvalue weighted by atomic mass is 10.1. The van der Waals surface area contributed by atoms with E-state index in [-0.39, 0.29) is 12.4 Å². The largest absolute Gasteiger partial charge is 1.00 e. The predicted octanol–water partition coefficient (Wildman–Crippen LogP) is -0.486. The summed E-state index contributed by atoms with van der Waals surface area (Å²) in [5.74, 6) is 0. The maximum Gasteiger partial charge on any atom is 0.104 e. The highest BCUT2D eigenvalue weighted by atomic mass is 35.5. The van der Waals surface area contributed by atoms with Crippen molar-refractivity contribution < 1.29 is 16.9 Å². The summed E-state index contributed by atoms with van der Waals surface area (Å²) in [7, 11) is 6.65. The third kappa shape index (κ3) is 4.12. The van der Waals surface area contributed by atoms with Gasteiger partial charge in [0.2, 0.25) is 0 Å². The van der Waals surface area contributed by atoms with Gasteiger partial charge in [-0.1, -0.05) is 18.2 Å². The summed E-state index contributed by atoms with van der Waals surface area (Å²) in [5.41, 5.74) is 4.20. The number of halogens is 1. The SMILES string of the molecule is Cc1ccc(C[N+](C)(C)C)cc1C.[Cl-]. The lowest BCUT2D eigenvalue weighted by Crippen LogP contribution is -3.00. The van der Waals surface area contributed by atoms with Gasteiger partial charge in [-0.15, -0.1) is 0 Å². The summed E-state index contributed by atoms with van der Waals surface area (Å²) in [6.45, 7) is 5.43. The third-order valence-electron chi connectivity index (χ3n) is 2.23. The second-order valence-corrected chi connectivity index (χ2v) is 4.87. The van der Waals surface area contributed by atoms with Crippen molar-refractivity contribution in [3.8, 4) is 0 Å². The molecule has 0 aliphatic heterocycles. The fraction of sp³-hybridized carbons (Fsp3) is 0.500. The Morgan fingerprint density at radius 3 is 2.00 bits per heavy atom. The highest BCUT2D eigenvalue weighted by molar-refractivity contribution is 5.29. The average Bonchev–Trinajstić information content (AvgIpc) is 1.94. The number of hydrogen-bond acceptors (Lipinski definition) is 0. The molecule has 80 valence electrons. The van der Waals surface area contributed by atoms with E-state index < -0.39 is 0 Å². The minimum atomic E-state index is 0. The molecule has 14 heavy (non-hydrogen) atoms. The van der Waals surface area contributed by atoms with Crippen LogP contribution >= 0.6 is 0 Å². The summed E-state index contributed by atoms with van der Waals surface area (Å²) in [4.78, 5) is 0. The lowest BCUT2D eigenvalue weighted by Gasteiger charge is -2.24. The van der Waals surface area contributed by atoms with E-state index in [2.05, 4.69) is 53.2 Å². The summed E-state index contributed by atoms with van der Waals surface area (Å²) < 4.78 is 0.989. The quantitative estimate of drug-likeness (QED) is 0.582. The Bertz CT molecular complexity index is 300. The Balaban J connectivity index is 0.00000169. The van der Waals surface area contributed by atoms with Crippen LogP contribution in [0, 0.1) is 13.8 Å². The first kappa shape index (κ1) is 13.5. The summed E-state index contributed by atoms with van der Waals surface area (Å²) in [5, 5.41) is 0. The molecule has 0 aliphatic rings. The van der Waals surface area contributed by atoms with Crippen molar-refractivity contribution >= 4 is 0 Å². The second kappa shape index (κ2) is 4.81. The van der Waals surface area contributed by atoms with Crippen molar-refractivity contribution in [1.82, 2.24) is 0 Å². The lowest BCUT2D eigenvalue weighted by molar-refractivity contribution is -0.884. The smallest absolute Gasteiger partial charge is 0.104 e. The molecule has 1 aromatic rings. The van der Waals surface area contributed by atoms with Crippen LogP contribution in [0.5, 0.6) is 0 Å². The van der Waals surface area contributed by atoms with E-state index in [1.54, 1.807) is 0 Å². The number of nitrogens with zero attached hydrogens (tertiary/aromatic N) is 1. The van der Waals surface area contributed by atoms with Gasteiger partial charge in [0.25, 0.3) is 0 Å². The zero-order chi connectivity index (χ0) is 10.1. The van der Waals surface area contributed by atoms with Gasteiger partial charge >= 0.3 is 0 Å². The van der Waals surface area contributed by atoms with Crippen LogP contribution in [0.3, 0.4) is 0 Å². The van der Waals surface area contributed by atoms with Gasteiger partial charge in [-0.05, 0) is 25.0 Å². The van der Waals surface area contributed by atoms with E-state index >= 15 is 0 Å². The zero-order valence-corrected chi connectivity index (χ0v) is 10.5. The summed E-state index contributed by atoms with van der Waals surface area (Å²) in [6.07, 6.45) is 0. The van der Waals surface area contributed by atoms with Gasteiger partial charge in [-0.2, -0.15) is 0 Å². The molecule has 0 aromatic heterocycles. The zero-order valence-electron chi connectivity index (χ0n) is 9.76. The molecule has 1 rings (SSSR count). The van der Waals surface area contributed by atoms with Crippen molar-refractivity contribution in [1.29, 1.82) is 0 Å². The molecular weight excluding hydrogens is 194 g/mol. The van der Waals surface area contributed by atoms with Crippen molar-refractivity contribution in [3.05, 3.63) is 34.9 Å². The maximum absolute atomic E-state index is 2.29. The standard InChI is InChI=1S/C12H20N.ClH/c1-10-6-7-12(8-11(10)2)9-13(3,4)5;/h6-8H,9H2,1-5H3;1H/q+1;/p-1. The first-order valence-corrected chi connectivity index (χ1v) is 4.75. The second-order valence-electron chi connectivity index (χ2n) is 4.87. The Labute approximate surface area is 93.7 Å². The van der Waals surface area contributed by atoms with Crippen LogP contribution in [-0.2, 0) is 6.54 Å². The maximum atomic E-state index is 2.29. The summed E-state index contributed by atoms with van der Waals surface area (Å²) >= 11 is 0. The minimum absolute atomic E-state index is 0. The van der Waals surface area contributed by atoms with Crippen LogP contribution in [0.15, 0.2) is 18.2 Å². The molecule has 0 amide bonds. The Morgan fingerprint density at radius 2 is 1.57 bits per heavy atom. The highest BCUT2D eigenvalue weighted by Crippen LogP contribution is 2.12. The number of rotatable bonds is 2. The van der Waals surface area contributed by atoms with Gasteiger partial charge in [0.15, 0.2) is 0 Å². The van der Waals surface area contributed by atoms with Crippen molar-refractivity contribution in [2.24, 2.45) is 0 Å². The molecular formula is C12H20ClN. The monoisotopic (exact) mass is 213 g/mol. The number of aryl methyl sites for hydroxylation is 2. The molecule has 1 nitrogen and oxygen atoms in total. The van der Waals surface area contributed by atoms with Crippen LogP contribution in [-0.4, -0.2) is 25.6 Å². The van der Waals surface area contributed by atoms with Crippen molar-refractivity contribution in [2.75, 3.05) is 21.1 Å². The predicted molar refractivity (Wildman–Crippen MR) is 57.7 cm³/mol. The Hall–Kier alpha value is -0.530. The molecule has 0 saturated heterocycles. The third-order valence-corrected chi connectivity index (χ3v) is 2.23. The fourth-order valence-corrected chi connectivity index (χ4v) is 1.45. The molecule has 0 bridgehead atoms. The van der Waals surface area contributed by atoms with Crippen molar-refractivity contribution in [3.63, 3.8) is 0 Å². The van der Waals surface area contributed by atoms with E-state index in [1.807, 2.05) is 0 Å². The van der Waals surface area contributed by atoms with Gasteiger partial charge in [-0.25, -0.2) is 0 Å². The first-order chi connectivity index (χ1) is 5.88. The molecule has 0 aliphatic carbocycles. The molecule has 2 heteroatoms. The normalized spacial score (nSPS) is 10.9. The van der Waals surface area contributed by atoms with Crippen LogP contribution in [0.4, 0.5) is 0 Å². The number of benzene rings is 1. The number of hydrogen-bond donors (Lipinski definition) is 0. The number of quaternary nitrogens is 1. The van der Waals surface area contributed by atoms with Gasteiger partial charge in [0.1, 0.15) is 6.54 Å². The molecule has 0 heterocycles. The van der Waals surface area contributed by atoms with Crippen LogP contribution in [0.2, 0.25) is 0 Å². The van der Waals surface area contributed by atoms with Gasteiger partial charge < -0.3 is 16.9 Å². The Morgan fingerprint density at radius 1 is 1.00 bits per heavy atom. The van der Waals surface area contributed by atoms with E-state index in [4.69, 9.17) is 0 Å². The van der Waals surface area contributed by atoms with Gasteiger partial charge in [0.05, 0.1) is 21.1 Å². The molecule has 0 atom stereocenters. The van der Waals surface area contributed by atoms with E-state index in [1.165, 1.54) is 16.7 Å². The minimum Gasteiger partial charge on any atom is -1.00 e. The van der Waals surface area contributed by atoms with Gasteiger partial charge in [-0.3, -0.25) is 0 Å². The average molecular weight is 214 g/mol. The summed E-state index contributed by atoms with van der Waals surface area (Å²) in [6, 6.07) is 6.73. The molecule has 0 N–H and O–H groups in total. The molecule has 0 spiro atoms. The molecule has 1 aromatic carbocycles. The van der Waals surface area contributed by atoms with E-state index in [9.17, 15) is 0 Å². The molecule has 0 fully saturated rings. The van der Waals surface area contributed by atoms with Gasteiger partial charge in [0, 0.05) is 5.56 Å². The molecule has 0 unspecified atom stereocenters. The molecule has 0 radical (unpaired) electrons. The van der Waals surface area contributed by atoms with Crippen LogP contribution < -0.4 is 12.4 Å². The Kier molecular flexibility index (Phi) is 4.63. The molecule has 0 saturated carbocycles. The fourth-order valence-electron chi connectivity index (χ4n) is 1.45. The van der Waals surface area contributed by atoms with E-state index in [0.29, 0.717) is 0 Å². The van der Waals surface area contributed by atoms with Crippen LogP contribution in [0.25, 0.3) is 0 Å². The van der Waals surface area contributed by atoms with Crippen molar-refractivity contribution in [2.45, 2.75) is 20.4 Å². The topological polar surface area (TPSA) is 0 Å². The van der Waals surface area contributed by atoms with E-state index in [0.717, 1.165) is 11.0 Å². The van der Waals surface area contributed by atoms with Crippen LogP contribution in [0.1, 0.15) is 16.7 Å². The first-order valence-electron chi connectivity index (χ1n) is 4.75. The highest BCUT2D eigenvalue weighted by Gasteiger charge is 2.08.